The summed E-state index contributed by atoms with van der Waals surface area (Å²) >= 11 is 0. The van der Waals surface area contributed by atoms with Crippen LogP contribution in [-0.4, -0.2) is 60.1 Å². The topological polar surface area (TPSA) is 67.6 Å². The van der Waals surface area contributed by atoms with Crippen LogP contribution in [0.15, 0.2) is 0 Å². The van der Waals surface area contributed by atoms with Crippen LogP contribution in [0.5, 0.6) is 0 Å². The third kappa shape index (κ3) is 5.58. The predicted octanol–water partition coefficient (Wildman–Crippen LogP) is 0.985. The molecule has 1 N–H and O–H groups in total. The van der Waals surface area contributed by atoms with Crippen molar-refractivity contribution < 1.29 is 9.90 Å². The Bertz CT molecular complexity index is 312. The quantitative estimate of drug-likeness (QED) is 0.747. The molecule has 19 heavy (non-hydrogen) atoms. The second kappa shape index (κ2) is 8.89. The first-order valence-corrected chi connectivity index (χ1v) is 7.15. The van der Waals surface area contributed by atoms with Crippen LogP contribution in [0.1, 0.15) is 38.5 Å². The summed E-state index contributed by atoms with van der Waals surface area (Å²) in [6.45, 7) is 2.52. The van der Waals surface area contributed by atoms with Gasteiger partial charge in [-0.1, -0.05) is 6.42 Å². The van der Waals surface area contributed by atoms with E-state index in [-0.39, 0.29) is 12.5 Å². The van der Waals surface area contributed by atoms with E-state index >= 15 is 0 Å². The summed E-state index contributed by atoms with van der Waals surface area (Å²) in [4.78, 5) is 15.9. The molecule has 1 fully saturated rings. The van der Waals surface area contributed by atoms with E-state index in [1.165, 1.54) is 12.8 Å². The molecule has 1 saturated heterocycles. The molecule has 1 aliphatic heterocycles. The van der Waals surface area contributed by atoms with Gasteiger partial charge in [-0.05, 0) is 25.8 Å². The molecule has 1 rings (SSSR count). The lowest BCUT2D eigenvalue weighted by Crippen LogP contribution is -2.42. The van der Waals surface area contributed by atoms with Gasteiger partial charge in [0.2, 0.25) is 5.91 Å². The van der Waals surface area contributed by atoms with Gasteiger partial charge in [-0.2, -0.15) is 5.26 Å². The molecule has 0 aromatic rings. The highest BCUT2D eigenvalue weighted by atomic mass is 16.3. The van der Waals surface area contributed by atoms with E-state index < -0.39 is 0 Å². The molecule has 1 unspecified atom stereocenters. The average Bonchev–Trinajstić information content (AvgIpc) is 2.43. The second-order valence-electron chi connectivity index (χ2n) is 5.17. The molecule has 0 aromatic carbocycles. The molecule has 0 aliphatic carbocycles. The van der Waals surface area contributed by atoms with Gasteiger partial charge in [0.25, 0.3) is 0 Å². The van der Waals surface area contributed by atoms with Crippen LogP contribution in [0.3, 0.4) is 0 Å². The number of likely N-dealkylation sites (tertiary alicyclic amines) is 1. The van der Waals surface area contributed by atoms with Crippen LogP contribution >= 0.6 is 0 Å². The van der Waals surface area contributed by atoms with Crippen molar-refractivity contribution >= 4 is 5.91 Å². The normalized spacial score (nSPS) is 19.9. The van der Waals surface area contributed by atoms with Gasteiger partial charge < -0.3 is 10.0 Å². The molecular weight excluding hydrogens is 242 g/mol. The Labute approximate surface area is 115 Å². The number of rotatable bonds is 7. The van der Waals surface area contributed by atoms with Crippen molar-refractivity contribution in [2.45, 2.75) is 44.6 Å². The van der Waals surface area contributed by atoms with Crippen molar-refractivity contribution in [3.8, 4) is 6.07 Å². The fourth-order valence-electron chi connectivity index (χ4n) is 2.60. The molecular formula is C14H25N3O2. The molecule has 1 atom stereocenters. The fraction of sp³-hybridized carbons (Fsp3) is 0.857. The summed E-state index contributed by atoms with van der Waals surface area (Å²) in [5.74, 6) is 0.101. The van der Waals surface area contributed by atoms with E-state index in [1.807, 2.05) is 0 Å². The Hall–Kier alpha value is -1.12. The van der Waals surface area contributed by atoms with E-state index in [4.69, 9.17) is 10.4 Å². The molecule has 5 heteroatoms. The molecule has 108 valence electrons. The minimum absolute atomic E-state index is 0.101. The van der Waals surface area contributed by atoms with Gasteiger partial charge in [-0.15, -0.1) is 0 Å². The first-order valence-electron chi connectivity index (χ1n) is 7.15. The fourth-order valence-corrected chi connectivity index (χ4v) is 2.60. The summed E-state index contributed by atoms with van der Waals surface area (Å²) in [5.41, 5.74) is 0. The molecule has 0 saturated carbocycles. The van der Waals surface area contributed by atoms with Gasteiger partial charge in [0.05, 0.1) is 12.5 Å². The van der Waals surface area contributed by atoms with Crippen LogP contribution in [0.4, 0.5) is 0 Å². The van der Waals surface area contributed by atoms with Gasteiger partial charge in [-0.3, -0.25) is 9.69 Å². The lowest BCUT2D eigenvalue weighted by atomic mass is 9.99. The number of piperidine rings is 1. The summed E-state index contributed by atoms with van der Waals surface area (Å²) < 4.78 is 0. The standard InChI is InChI=1S/C14H25N3O2/c1-16(9-4-8-15)14(19)6-11-17-10-3-2-5-13(17)7-12-18/h13,18H,2-7,9-12H2,1H3. The molecule has 1 aliphatic rings. The number of aliphatic hydroxyl groups excluding tert-OH is 1. The zero-order valence-corrected chi connectivity index (χ0v) is 11.8. The van der Waals surface area contributed by atoms with E-state index in [9.17, 15) is 4.79 Å². The van der Waals surface area contributed by atoms with Gasteiger partial charge in [0, 0.05) is 39.2 Å². The molecule has 1 heterocycles. The maximum Gasteiger partial charge on any atom is 0.223 e. The highest BCUT2D eigenvalue weighted by molar-refractivity contribution is 5.76. The average molecular weight is 267 g/mol. The Morgan fingerprint density at radius 3 is 3.00 bits per heavy atom. The van der Waals surface area contributed by atoms with Gasteiger partial charge in [0.15, 0.2) is 0 Å². The summed E-state index contributed by atoms with van der Waals surface area (Å²) in [7, 11) is 1.75. The first-order chi connectivity index (χ1) is 9.19. The Morgan fingerprint density at radius 2 is 2.32 bits per heavy atom. The van der Waals surface area contributed by atoms with E-state index in [0.29, 0.717) is 25.4 Å². The minimum atomic E-state index is 0.101. The van der Waals surface area contributed by atoms with Crippen molar-refractivity contribution in [1.82, 2.24) is 9.80 Å². The number of hydrogen-bond acceptors (Lipinski definition) is 4. The van der Waals surface area contributed by atoms with Crippen LogP contribution in [0, 0.1) is 11.3 Å². The Balaban J connectivity index is 2.33. The van der Waals surface area contributed by atoms with Crippen molar-refractivity contribution in [3.63, 3.8) is 0 Å². The first kappa shape index (κ1) is 15.9. The predicted molar refractivity (Wildman–Crippen MR) is 73.4 cm³/mol. The number of hydrogen-bond donors (Lipinski definition) is 1. The molecule has 1 amide bonds. The van der Waals surface area contributed by atoms with Crippen LogP contribution in [-0.2, 0) is 4.79 Å². The molecule has 5 nitrogen and oxygen atoms in total. The molecule has 0 aromatic heterocycles. The number of amides is 1. The van der Waals surface area contributed by atoms with Crippen LogP contribution in [0.2, 0.25) is 0 Å². The minimum Gasteiger partial charge on any atom is -0.396 e. The number of nitrogens with zero attached hydrogens (tertiary/aromatic N) is 3. The molecule has 0 spiro atoms. The van der Waals surface area contributed by atoms with Gasteiger partial charge in [0.1, 0.15) is 0 Å². The zero-order chi connectivity index (χ0) is 14.1. The molecule has 0 radical (unpaired) electrons. The number of carbonyl (C=O) groups excluding carboxylic acids is 1. The van der Waals surface area contributed by atoms with Crippen molar-refractivity contribution in [3.05, 3.63) is 0 Å². The van der Waals surface area contributed by atoms with Crippen molar-refractivity contribution in [2.75, 3.05) is 33.3 Å². The van der Waals surface area contributed by atoms with E-state index in [0.717, 1.165) is 25.9 Å². The number of aliphatic hydroxyl groups is 1. The number of nitriles is 1. The smallest absolute Gasteiger partial charge is 0.223 e. The summed E-state index contributed by atoms with van der Waals surface area (Å²) in [6, 6.07) is 2.48. The SMILES string of the molecule is CN(CCC#N)C(=O)CCN1CCCCC1CCO. The zero-order valence-electron chi connectivity index (χ0n) is 11.8. The highest BCUT2D eigenvalue weighted by Gasteiger charge is 2.22. The molecule has 0 bridgehead atoms. The monoisotopic (exact) mass is 267 g/mol. The number of carbonyl (C=O) groups is 1. The largest absolute Gasteiger partial charge is 0.396 e. The Morgan fingerprint density at radius 1 is 1.53 bits per heavy atom. The van der Waals surface area contributed by atoms with Gasteiger partial charge >= 0.3 is 0 Å². The lowest BCUT2D eigenvalue weighted by Gasteiger charge is -2.35. The third-order valence-corrected chi connectivity index (χ3v) is 3.81. The van der Waals surface area contributed by atoms with E-state index in [1.54, 1.807) is 11.9 Å². The van der Waals surface area contributed by atoms with Crippen molar-refractivity contribution in [1.29, 1.82) is 5.26 Å². The highest BCUT2D eigenvalue weighted by Crippen LogP contribution is 2.19. The Kier molecular flexibility index (Phi) is 7.46. The third-order valence-electron chi connectivity index (χ3n) is 3.81. The maximum absolute atomic E-state index is 11.9. The van der Waals surface area contributed by atoms with Crippen LogP contribution in [0.25, 0.3) is 0 Å². The van der Waals surface area contributed by atoms with Gasteiger partial charge in [-0.25, -0.2) is 0 Å². The second-order valence-corrected chi connectivity index (χ2v) is 5.17. The summed E-state index contributed by atoms with van der Waals surface area (Å²) in [5, 5.41) is 17.6. The van der Waals surface area contributed by atoms with Crippen LogP contribution < -0.4 is 0 Å². The lowest BCUT2D eigenvalue weighted by molar-refractivity contribution is -0.130. The summed E-state index contributed by atoms with van der Waals surface area (Å²) in [6.07, 6.45) is 5.22. The maximum atomic E-state index is 11.9. The van der Waals surface area contributed by atoms with E-state index in [2.05, 4.69) is 11.0 Å². The van der Waals surface area contributed by atoms with Crippen molar-refractivity contribution in [2.24, 2.45) is 0 Å².